The first-order valence-corrected chi connectivity index (χ1v) is 9.46. The molecule has 1 atom stereocenters. The maximum absolute atomic E-state index is 12.5. The van der Waals surface area contributed by atoms with Gasteiger partial charge in [-0.05, 0) is 37.5 Å². The molecule has 8 heteroatoms. The third kappa shape index (κ3) is 4.53. The van der Waals surface area contributed by atoms with Crippen molar-refractivity contribution < 1.29 is 18.9 Å². The van der Waals surface area contributed by atoms with E-state index in [9.17, 15) is 14.9 Å². The van der Waals surface area contributed by atoms with Crippen molar-refractivity contribution >= 4 is 11.7 Å². The minimum Gasteiger partial charge on any atom is -0.449 e. The Labute approximate surface area is 174 Å². The van der Waals surface area contributed by atoms with Crippen LogP contribution in [0.5, 0.6) is 0 Å². The van der Waals surface area contributed by atoms with Crippen molar-refractivity contribution in [2.45, 2.75) is 46.1 Å². The van der Waals surface area contributed by atoms with Gasteiger partial charge >= 0.3 is 5.97 Å². The van der Waals surface area contributed by atoms with E-state index in [2.05, 4.69) is 10.2 Å². The molecule has 0 saturated heterocycles. The Morgan fingerprint density at radius 2 is 1.80 bits per heavy atom. The van der Waals surface area contributed by atoms with Gasteiger partial charge in [0.15, 0.2) is 6.10 Å². The Hall–Kier alpha value is -3.55. The van der Waals surface area contributed by atoms with E-state index in [4.69, 9.17) is 9.15 Å². The van der Waals surface area contributed by atoms with Crippen molar-refractivity contribution in [1.82, 2.24) is 10.2 Å². The van der Waals surface area contributed by atoms with Crippen LogP contribution in [0.4, 0.5) is 5.69 Å². The van der Waals surface area contributed by atoms with Gasteiger partial charge in [-0.1, -0.05) is 44.5 Å². The Bertz CT molecular complexity index is 1080. The number of esters is 1. The van der Waals surface area contributed by atoms with Crippen LogP contribution < -0.4 is 0 Å². The van der Waals surface area contributed by atoms with Gasteiger partial charge < -0.3 is 9.15 Å². The van der Waals surface area contributed by atoms with Gasteiger partial charge in [0, 0.05) is 17.2 Å². The van der Waals surface area contributed by atoms with E-state index in [0.717, 1.165) is 11.1 Å². The fourth-order valence-corrected chi connectivity index (χ4v) is 2.93. The number of ether oxygens (including phenoxy) is 1. The summed E-state index contributed by atoms with van der Waals surface area (Å²) in [4.78, 5) is 23.5. The monoisotopic (exact) mass is 409 g/mol. The Kier molecular flexibility index (Phi) is 5.69. The third-order valence-electron chi connectivity index (χ3n) is 4.61. The molecule has 3 rings (SSSR count). The van der Waals surface area contributed by atoms with Crippen LogP contribution >= 0.6 is 0 Å². The molecule has 0 spiro atoms. The smallest absolute Gasteiger partial charge is 0.339 e. The van der Waals surface area contributed by atoms with Gasteiger partial charge in [-0.25, -0.2) is 4.79 Å². The van der Waals surface area contributed by atoms with Crippen LogP contribution in [-0.4, -0.2) is 21.1 Å². The van der Waals surface area contributed by atoms with Gasteiger partial charge in [0.1, 0.15) is 0 Å². The van der Waals surface area contributed by atoms with Gasteiger partial charge in [-0.3, -0.25) is 10.1 Å². The first-order chi connectivity index (χ1) is 14.1. The van der Waals surface area contributed by atoms with Crippen molar-refractivity contribution in [3.05, 3.63) is 75.2 Å². The summed E-state index contributed by atoms with van der Waals surface area (Å²) in [6.45, 7) is 9.19. The molecule has 0 N–H and O–H groups in total. The predicted molar refractivity (Wildman–Crippen MR) is 110 cm³/mol. The number of nitro benzene ring substituents is 1. The van der Waals surface area contributed by atoms with Gasteiger partial charge in [0.2, 0.25) is 5.89 Å². The second kappa shape index (κ2) is 8.06. The van der Waals surface area contributed by atoms with Gasteiger partial charge in [-0.2, -0.15) is 0 Å². The van der Waals surface area contributed by atoms with Gasteiger partial charge in [0.25, 0.3) is 11.6 Å². The number of carbonyl (C=O) groups excluding carboxylic acids is 1. The molecular formula is C22H23N3O5. The van der Waals surface area contributed by atoms with Crippen LogP contribution in [0, 0.1) is 17.0 Å². The molecule has 0 aliphatic heterocycles. The molecule has 3 aromatic rings. The van der Waals surface area contributed by atoms with Crippen molar-refractivity contribution in [1.29, 1.82) is 0 Å². The molecule has 0 amide bonds. The number of rotatable bonds is 5. The second-order valence-corrected chi connectivity index (χ2v) is 8.10. The molecule has 0 radical (unpaired) electrons. The maximum atomic E-state index is 12.5. The topological polar surface area (TPSA) is 108 Å². The van der Waals surface area contributed by atoms with Crippen LogP contribution in [0.25, 0.3) is 11.5 Å². The van der Waals surface area contributed by atoms with Gasteiger partial charge in [0.05, 0.1) is 10.5 Å². The predicted octanol–water partition coefficient (Wildman–Crippen LogP) is 5.17. The number of nitrogens with zero attached hydrogens (tertiary/aromatic N) is 3. The highest BCUT2D eigenvalue weighted by Gasteiger charge is 2.27. The molecule has 1 heterocycles. The minimum atomic E-state index is -0.814. The summed E-state index contributed by atoms with van der Waals surface area (Å²) in [5, 5.41) is 19.4. The van der Waals surface area contributed by atoms with Crippen molar-refractivity contribution in [2.24, 2.45) is 0 Å². The fraction of sp³-hybridized carbons (Fsp3) is 0.318. The number of hydrogen-bond donors (Lipinski definition) is 0. The minimum absolute atomic E-state index is 0.0832. The number of aryl methyl sites for hydroxylation is 1. The molecule has 30 heavy (non-hydrogen) atoms. The summed E-state index contributed by atoms with van der Waals surface area (Å²) in [5.41, 5.74) is 1.92. The van der Waals surface area contributed by atoms with Crippen LogP contribution in [-0.2, 0) is 10.2 Å². The van der Waals surface area contributed by atoms with E-state index < -0.39 is 22.4 Å². The van der Waals surface area contributed by atoms with Crippen molar-refractivity contribution in [3.8, 4) is 11.5 Å². The number of carbonyl (C=O) groups is 1. The summed E-state index contributed by atoms with van der Waals surface area (Å²) >= 11 is 0. The average molecular weight is 409 g/mol. The lowest BCUT2D eigenvalue weighted by atomic mass is 9.85. The maximum Gasteiger partial charge on any atom is 0.339 e. The molecule has 0 aliphatic rings. The Morgan fingerprint density at radius 1 is 1.13 bits per heavy atom. The van der Waals surface area contributed by atoms with Crippen LogP contribution in [0.3, 0.4) is 0 Å². The van der Waals surface area contributed by atoms with Crippen LogP contribution in [0.15, 0.2) is 46.9 Å². The fourth-order valence-electron chi connectivity index (χ4n) is 2.93. The molecule has 1 aromatic heterocycles. The molecule has 156 valence electrons. The highest BCUT2D eigenvalue weighted by molar-refractivity contribution is 5.90. The molecule has 1 unspecified atom stereocenters. The van der Waals surface area contributed by atoms with Gasteiger partial charge in [-0.15, -0.1) is 10.2 Å². The Morgan fingerprint density at radius 3 is 2.40 bits per heavy atom. The SMILES string of the molecule is Cc1ccc(-c2nnc(C(C)OC(=O)c3ccc(C(C)(C)C)c([N+](=O)[O-])c3)o2)cc1. The van der Waals surface area contributed by atoms with Crippen LogP contribution in [0.1, 0.15) is 61.2 Å². The highest BCUT2D eigenvalue weighted by Crippen LogP contribution is 2.32. The lowest BCUT2D eigenvalue weighted by Gasteiger charge is -2.19. The van der Waals surface area contributed by atoms with E-state index in [0.29, 0.717) is 11.5 Å². The van der Waals surface area contributed by atoms with E-state index >= 15 is 0 Å². The van der Waals surface area contributed by atoms with E-state index in [1.54, 1.807) is 13.0 Å². The molecular weight excluding hydrogens is 386 g/mol. The molecule has 0 bridgehead atoms. The Balaban J connectivity index is 1.78. The number of hydrogen-bond acceptors (Lipinski definition) is 7. The summed E-state index contributed by atoms with van der Waals surface area (Å²) in [6.07, 6.45) is -0.814. The lowest BCUT2D eigenvalue weighted by molar-refractivity contribution is -0.386. The summed E-state index contributed by atoms with van der Waals surface area (Å²) < 4.78 is 11.0. The van der Waals surface area contributed by atoms with Crippen molar-refractivity contribution in [3.63, 3.8) is 0 Å². The average Bonchev–Trinajstić information content (AvgIpc) is 3.17. The zero-order chi connectivity index (χ0) is 22.1. The van der Waals surface area contributed by atoms with Crippen molar-refractivity contribution in [2.75, 3.05) is 0 Å². The quantitative estimate of drug-likeness (QED) is 0.325. The second-order valence-electron chi connectivity index (χ2n) is 8.10. The molecule has 0 saturated carbocycles. The van der Waals surface area contributed by atoms with E-state index in [1.165, 1.54) is 12.1 Å². The van der Waals surface area contributed by atoms with E-state index in [-0.39, 0.29) is 17.1 Å². The number of nitro groups is 1. The summed E-state index contributed by atoms with van der Waals surface area (Å²) in [7, 11) is 0. The largest absolute Gasteiger partial charge is 0.449 e. The summed E-state index contributed by atoms with van der Waals surface area (Å²) in [5.74, 6) is -0.251. The molecule has 2 aromatic carbocycles. The first-order valence-electron chi connectivity index (χ1n) is 9.46. The molecule has 0 aliphatic carbocycles. The first kappa shape index (κ1) is 21.2. The molecule has 0 fully saturated rings. The van der Waals surface area contributed by atoms with E-state index in [1.807, 2.05) is 52.0 Å². The highest BCUT2D eigenvalue weighted by atomic mass is 16.6. The summed E-state index contributed by atoms with van der Waals surface area (Å²) in [6, 6.07) is 11.9. The standard InChI is InChI=1S/C22H23N3O5/c1-13-6-8-15(9-7-13)20-24-23-19(30-20)14(2)29-21(26)16-10-11-17(22(3,4)5)18(12-16)25(27)28/h6-12,14H,1-5H3. The third-order valence-corrected chi connectivity index (χ3v) is 4.61. The zero-order valence-corrected chi connectivity index (χ0v) is 17.5. The zero-order valence-electron chi connectivity index (χ0n) is 17.5. The lowest BCUT2D eigenvalue weighted by Crippen LogP contribution is -2.15. The molecule has 8 nitrogen and oxygen atoms in total. The number of aromatic nitrogens is 2. The number of benzene rings is 2. The normalized spacial score (nSPS) is 12.4. The van der Waals surface area contributed by atoms with Crippen LogP contribution in [0.2, 0.25) is 0 Å².